The summed E-state index contributed by atoms with van der Waals surface area (Å²) in [5.41, 5.74) is 8.16. The number of aromatic nitrogens is 4. The number of nitriles is 1. The van der Waals surface area contributed by atoms with Gasteiger partial charge in [0.05, 0.1) is 78.3 Å². The van der Waals surface area contributed by atoms with Crippen LogP contribution in [0.3, 0.4) is 0 Å². The summed E-state index contributed by atoms with van der Waals surface area (Å²) < 4.78 is 96.9. The molecule has 0 radical (unpaired) electrons. The molecule has 0 aliphatic rings. The van der Waals surface area contributed by atoms with E-state index in [-0.39, 0.29) is 22.8 Å². The van der Waals surface area contributed by atoms with Crippen LogP contribution in [0.15, 0.2) is 237 Å². The second-order valence-electron chi connectivity index (χ2n) is 20.1. The number of nitrogens with zero attached hydrogens (tertiary/aromatic N) is 5. The zero-order valence-electron chi connectivity index (χ0n) is 42.0. The third-order valence-corrected chi connectivity index (χ3v) is 15.8. The fraction of sp³-hybridized carbons (Fsp3) is 0.0290. The van der Waals surface area contributed by atoms with E-state index in [0.29, 0.717) is 22.5 Å². The standard InChI is InChI=1S/C69H39F6N5/c70-68(71,72)44-36-43(37-45(39-44)69(73,74)75)41-30-33-59(79-57-27-13-9-23-52(57)64-61(79)34-31-50-48-21-7-11-25-55(48)77(66(50)64)46-17-3-1-4-18-46)54(38-41)63-42(40-76)16-15-29-60(63)80-58-28-14-10-24-53(58)65-62(80)35-32-51-49-22-8-12-26-56(49)78(67(51)65)47-19-5-2-6-20-47/h1-39H. The highest BCUT2D eigenvalue weighted by Crippen LogP contribution is 2.49. The number of halogens is 6. The molecule has 4 heterocycles. The predicted octanol–water partition coefficient (Wildman–Crippen LogP) is 19.3. The Morgan fingerprint density at radius 1 is 0.325 bits per heavy atom. The van der Waals surface area contributed by atoms with E-state index in [9.17, 15) is 31.6 Å². The van der Waals surface area contributed by atoms with Crippen molar-refractivity contribution in [2.45, 2.75) is 12.4 Å². The minimum absolute atomic E-state index is 0.0858. The van der Waals surface area contributed by atoms with Crippen LogP contribution in [-0.4, -0.2) is 18.3 Å². The van der Waals surface area contributed by atoms with Crippen LogP contribution in [0.5, 0.6) is 0 Å². The lowest BCUT2D eigenvalue weighted by Gasteiger charge is -2.21. The zero-order valence-corrected chi connectivity index (χ0v) is 42.0. The van der Waals surface area contributed by atoms with Gasteiger partial charge in [-0.25, -0.2) is 0 Å². The molecule has 0 aliphatic heterocycles. The van der Waals surface area contributed by atoms with Crippen molar-refractivity contribution in [3.8, 4) is 51.1 Å². The van der Waals surface area contributed by atoms with Crippen LogP contribution in [0.4, 0.5) is 26.3 Å². The van der Waals surface area contributed by atoms with Crippen molar-refractivity contribution in [1.82, 2.24) is 18.3 Å². The van der Waals surface area contributed by atoms with Crippen molar-refractivity contribution in [3.63, 3.8) is 0 Å². The lowest BCUT2D eigenvalue weighted by molar-refractivity contribution is -0.143. The summed E-state index contributed by atoms with van der Waals surface area (Å²) in [5, 5.41) is 19.3. The summed E-state index contributed by atoms with van der Waals surface area (Å²) in [6.45, 7) is 0. The van der Waals surface area contributed by atoms with Gasteiger partial charge in [-0.05, 0) is 114 Å². The van der Waals surface area contributed by atoms with E-state index in [1.165, 1.54) is 0 Å². The molecule has 0 saturated carbocycles. The molecule has 0 bridgehead atoms. The molecule has 0 atom stereocenters. The Hall–Kier alpha value is -10.3. The maximum absolute atomic E-state index is 14.7. The molecule has 11 heteroatoms. The first-order chi connectivity index (χ1) is 39.0. The van der Waals surface area contributed by atoms with Gasteiger partial charge in [-0.2, -0.15) is 31.6 Å². The summed E-state index contributed by atoms with van der Waals surface area (Å²) in [6, 6.07) is 75.8. The molecular formula is C69H39F6N5. The monoisotopic (exact) mass is 1050 g/mol. The van der Waals surface area contributed by atoms with Gasteiger partial charge in [-0.3, -0.25) is 0 Å². The second kappa shape index (κ2) is 17.3. The number of fused-ring (bicyclic) bond motifs is 14. The second-order valence-corrected chi connectivity index (χ2v) is 20.1. The van der Waals surface area contributed by atoms with Crippen LogP contribution < -0.4 is 0 Å². The molecule has 15 rings (SSSR count). The Morgan fingerprint density at radius 2 is 0.762 bits per heavy atom. The van der Waals surface area contributed by atoms with E-state index in [0.717, 1.165) is 111 Å². The number of hydrogen-bond acceptors (Lipinski definition) is 1. The predicted molar refractivity (Wildman–Crippen MR) is 309 cm³/mol. The number of para-hydroxylation sites is 6. The minimum Gasteiger partial charge on any atom is -0.309 e. The van der Waals surface area contributed by atoms with Crippen molar-refractivity contribution >= 4 is 87.2 Å². The Balaban J connectivity index is 1.09. The number of hydrogen-bond donors (Lipinski definition) is 0. The van der Waals surface area contributed by atoms with Gasteiger partial charge in [-0.15, -0.1) is 0 Å². The molecule has 0 amide bonds. The Bertz CT molecular complexity index is 5070. The molecule has 0 spiro atoms. The minimum atomic E-state index is -5.09. The largest absolute Gasteiger partial charge is 0.416 e. The highest BCUT2D eigenvalue weighted by Gasteiger charge is 2.37. The highest BCUT2D eigenvalue weighted by atomic mass is 19.4. The van der Waals surface area contributed by atoms with Gasteiger partial charge in [0.25, 0.3) is 0 Å². The summed E-state index contributed by atoms with van der Waals surface area (Å²) in [6.07, 6.45) is -10.2. The van der Waals surface area contributed by atoms with Crippen LogP contribution in [0, 0.1) is 11.3 Å². The Morgan fingerprint density at radius 3 is 1.24 bits per heavy atom. The maximum atomic E-state index is 14.7. The lowest BCUT2D eigenvalue weighted by atomic mass is 9.91. The van der Waals surface area contributed by atoms with Crippen LogP contribution >= 0.6 is 0 Å². The molecular weight excluding hydrogens is 1010 g/mol. The fourth-order valence-electron chi connectivity index (χ4n) is 12.6. The van der Waals surface area contributed by atoms with Crippen molar-refractivity contribution in [3.05, 3.63) is 253 Å². The third-order valence-electron chi connectivity index (χ3n) is 15.8. The highest BCUT2D eigenvalue weighted by molar-refractivity contribution is 6.28. The van der Waals surface area contributed by atoms with Crippen molar-refractivity contribution in [1.29, 1.82) is 5.26 Å². The van der Waals surface area contributed by atoms with E-state index in [1.807, 2.05) is 109 Å². The number of rotatable bonds is 6. The van der Waals surface area contributed by atoms with Gasteiger partial charge in [0.1, 0.15) is 0 Å². The number of alkyl halides is 6. The smallest absolute Gasteiger partial charge is 0.309 e. The van der Waals surface area contributed by atoms with E-state index < -0.39 is 23.5 Å². The quantitative estimate of drug-likeness (QED) is 0.153. The van der Waals surface area contributed by atoms with Gasteiger partial charge in [0.15, 0.2) is 0 Å². The van der Waals surface area contributed by atoms with Crippen LogP contribution in [-0.2, 0) is 12.4 Å². The molecule has 0 N–H and O–H groups in total. The zero-order chi connectivity index (χ0) is 54.2. The first kappa shape index (κ1) is 46.9. The van der Waals surface area contributed by atoms with Gasteiger partial charge in [0.2, 0.25) is 0 Å². The summed E-state index contributed by atoms with van der Waals surface area (Å²) in [4.78, 5) is 0. The summed E-state index contributed by atoms with van der Waals surface area (Å²) in [5.74, 6) is 0. The first-order valence-corrected chi connectivity index (χ1v) is 26.0. The third kappa shape index (κ3) is 6.91. The average molecular weight is 1050 g/mol. The maximum Gasteiger partial charge on any atom is 0.416 e. The van der Waals surface area contributed by atoms with E-state index in [4.69, 9.17) is 0 Å². The van der Waals surface area contributed by atoms with Crippen molar-refractivity contribution in [2.24, 2.45) is 0 Å². The SMILES string of the molecule is N#Cc1cccc(-n2c3ccccc3c3c2ccc2c4ccccc4n(-c4ccccc4)c23)c1-c1cc(-c2cc(C(F)(F)F)cc(C(F)(F)F)c2)ccc1-n1c2ccccc2c2c1ccc1c3ccccc3n(-c3ccccc3)c12. The molecule has 4 aromatic heterocycles. The van der Waals surface area contributed by atoms with Crippen LogP contribution in [0.25, 0.3) is 132 Å². The first-order valence-electron chi connectivity index (χ1n) is 26.0. The normalized spacial score (nSPS) is 12.4. The summed E-state index contributed by atoms with van der Waals surface area (Å²) in [7, 11) is 0. The molecule has 80 heavy (non-hydrogen) atoms. The van der Waals surface area contributed by atoms with Gasteiger partial charge < -0.3 is 18.3 Å². The lowest BCUT2D eigenvalue weighted by Crippen LogP contribution is -2.11. The van der Waals surface area contributed by atoms with E-state index in [1.54, 1.807) is 24.3 Å². The van der Waals surface area contributed by atoms with Gasteiger partial charge in [0, 0.05) is 65.6 Å². The van der Waals surface area contributed by atoms with Gasteiger partial charge in [-0.1, -0.05) is 133 Å². The van der Waals surface area contributed by atoms with E-state index >= 15 is 0 Å². The molecule has 382 valence electrons. The number of benzene rings is 11. The van der Waals surface area contributed by atoms with Gasteiger partial charge >= 0.3 is 12.4 Å². The Labute approximate surface area is 451 Å². The van der Waals surface area contributed by atoms with Crippen LogP contribution in [0.1, 0.15) is 16.7 Å². The van der Waals surface area contributed by atoms with Crippen LogP contribution in [0.2, 0.25) is 0 Å². The van der Waals surface area contributed by atoms with Crippen molar-refractivity contribution < 1.29 is 26.3 Å². The topological polar surface area (TPSA) is 43.5 Å². The molecule has 15 aromatic rings. The molecule has 11 aromatic carbocycles. The Kier molecular flexibility index (Phi) is 10.2. The van der Waals surface area contributed by atoms with E-state index in [2.05, 4.69) is 109 Å². The molecule has 0 saturated heterocycles. The molecule has 5 nitrogen and oxygen atoms in total. The molecule has 0 fully saturated rings. The fourth-order valence-corrected chi connectivity index (χ4v) is 12.6. The molecule has 0 aliphatic carbocycles. The van der Waals surface area contributed by atoms with Crippen molar-refractivity contribution in [2.75, 3.05) is 0 Å². The average Bonchev–Trinajstić information content (AvgIpc) is 4.42. The summed E-state index contributed by atoms with van der Waals surface area (Å²) >= 11 is 0. The molecule has 0 unspecified atom stereocenters.